The molecule has 0 unspecified atom stereocenters. The Morgan fingerprint density at radius 3 is 2.43 bits per heavy atom. The smallest absolute Gasteiger partial charge is 0.317 e. The van der Waals surface area contributed by atoms with Crippen LogP contribution in [0.4, 0.5) is 4.79 Å². The standard InChI is InChI=1S/C16H26N4O3/c1-10(2)17-16(22)20-8-6-12(7-9-20)14-18-13(11(3)23-14)15(21)19(4)5/h10,12H,6-9H2,1-5H3,(H,17,22). The number of oxazole rings is 1. The molecule has 0 aliphatic carbocycles. The number of aromatic nitrogens is 1. The van der Waals surface area contributed by atoms with Gasteiger partial charge in [-0.05, 0) is 33.6 Å². The molecule has 0 spiro atoms. The van der Waals surface area contributed by atoms with Crippen LogP contribution in [0.25, 0.3) is 0 Å². The number of likely N-dealkylation sites (tertiary alicyclic amines) is 1. The number of urea groups is 1. The third-order valence-corrected chi connectivity index (χ3v) is 3.97. The lowest BCUT2D eigenvalue weighted by Crippen LogP contribution is -2.46. The lowest BCUT2D eigenvalue weighted by atomic mass is 9.97. The quantitative estimate of drug-likeness (QED) is 0.923. The predicted octanol–water partition coefficient (Wildman–Crippen LogP) is 1.98. The van der Waals surface area contributed by atoms with E-state index in [4.69, 9.17) is 4.42 Å². The third kappa shape index (κ3) is 4.03. The summed E-state index contributed by atoms with van der Waals surface area (Å²) in [5.74, 6) is 1.17. The number of carbonyl (C=O) groups is 2. The molecule has 3 amide bonds. The van der Waals surface area contributed by atoms with Crippen LogP contribution >= 0.6 is 0 Å². The van der Waals surface area contributed by atoms with Gasteiger partial charge < -0.3 is 19.5 Å². The van der Waals surface area contributed by atoms with E-state index in [1.807, 2.05) is 18.7 Å². The molecule has 1 N–H and O–H groups in total. The van der Waals surface area contributed by atoms with Gasteiger partial charge >= 0.3 is 6.03 Å². The fourth-order valence-electron chi connectivity index (χ4n) is 2.67. The molecule has 0 saturated carbocycles. The Morgan fingerprint density at radius 1 is 1.30 bits per heavy atom. The number of rotatable bonds is 3. The number of nitrogens with one attached hydrogen (secondary N) is 1. The maximum Gasteiger partial charge on any atom is 0.317 e. The SMILES string of the molecule is Cc1oc(C2CCN(C(=O)NC(C)C)CC2)nc1C(=O)N(C)C. The summed E-state index contributed by atoms with van der Waals surface area (Å²) in [6, 6.07) is 0.111. The molecule has 1 saturated heterocycles. The van der Waals surface area contributed by atoms with Crippen molar-refractivity contribution in [1.29, 1.82) is 0 Å². The number of hydrogen-bond acceptors (Lipinski definition) is 4. The van der Waals surface area contributed by atoms with Crippen LogP contribution in [0.15, 0.2) is 4.42 Å². The van der Waals surface area contributed by atoms with Crippen molar-refractivity contribution in [2.24, 2.45) is 0 Å². The van der Waals surface area contributed by atoms with E-state index in [-0.39, 0.29) is 23.9 Å². The molecular formula is C16H26N4O3. The summed E-state index contributed by atoms with van der Waals surface area (Å²) in [6.45, 7) is 6.99. The molecule has 0 atom stereocenters. The molecule has 0 aromatic carbocycles. The van der Waals surface area contributed by atoms with Gasteiger partial charge in [-0.25, -0.2) is 9.78 Å². The number of aryl methyl sites for hydroxylation is 1. The minimum absolute atomic E-state index is 0.0227. The van der Waals surface area contributed by atoms with Crippen molar-refractivity contribution in [2.45, 2.75) is 45.6 Å². The van der Waals surface area contributed by atoms with Gasteiger partial charge in [-0.15, -0.1) is 0 Å². The highest BCUT2D eigenvalue weighted by molar-refractivity contribution is 5.92. The Bertz CT molecular complexity index is 572. The van der Waals surface area contributed by atoms with Gasteiger partial charge in [0.25, 0.3) is 5.91 Å². The lowest BCUT2D eigenvalue weighted by molar-refractivity contribution is 0.0821. The van der Waals surface area contributed by atoms with Crippen LogP contribution in [-0.4, -0.2) is 59.9 Å². The minimum Gasteiger partial charge on any atom is -0.445 e. The van der Waals surface area contributed by atoms with Crippen molar-refractivity contribution >= 4 is 11.9 Å². The maximum atomic E-state index is 12.0. The van der Waals surface area contributed by atoms with Gasteiger partial charge in [0, 0.05) is 39.1 Å². The fourth-order valence-corrected chi connectivity index (χ4v) is 2.67. The molecule has 1 aliphatic rings. The van der Waals surface area contributed by atoms with E-state index in [2.05, 4.69) is 10.3 Å². The van der Waals surface area contributed by atoms with Crippen LogP contribution in [0.2, 0.25) is 0 Å². The molecule has 1 aromatic heterocycles. The molecule has 2 heterocycles. The Hall–Kier alpha value is -2.05. The van der Waals surface area contributed by atoms with Crippen LogP contribution in [0.3, 0.4) is 0 Å². The first-order chi connectivity index (χ1) is 10.8. The van der Waals surface area contributed by atoms with Crippen molar-refractivity contribution in [1.82, 2.24) is 20.1 Å². The van der Waals surface area contributed by atoms with Gasteiger partial charge in [-0.2, -0.15) is 0 Å². The van der Waals surface area contributed by atoms with E-state index in [0.717, 1.165) is 12.8 Å². The number of hydrogen-bond donors (Lipinski definition) is 1. The van der Waals surface area contributed by atoms with Crippen molar-refractivity contribution in [3.05, 3.63) is 17.3 Å². The molecule has 7 heteroatoms. The summed E-state index contributed by atoms with van der Waals surface area (Å²) in [5.41, 5.74) is 0.380. The van der Waals surface area contributed by atoms with Crippen molar-refractivity contribution in [3.8, 4) is 0 Å². The van der Waals surface area contributed by atoms with E-state index in [1.54, 1.807) is 21.0 Å². The molecule has 1 fully saturated rings. The monoisotopic (exact) mass is 322 g/mol. The van der Waals surface area contributed by atoms with Crippen LogP contribution in [-0.2, 0) is 0 Å². The Labute approximate surface area is 137 Å². The second-order valence-corrected chi connectivity index (χ2v) is 6.52. The number of nitrogens with zero attached hydrogens (tertiary/aromatic N) is 3. The number of carbonyl (C=O) groups excluding carboxylic acids is 2. The molecule has 2 rings (SSSR count). The zero-order valence-corrected chi connectivity index (χ0v) is 14.5. The zero-order valence-electron chi connectivity index (χ0n) is 14.5. The summed E-state index contributed by atoms with van der Waals surface area (Å²) >= 11 is 0. The average Bonchev–Trinajstić information content (AvgIpc) is 2.87. The minimum atomic E-state index is -0.147. The molecular weight excluding hydrogens is 296 g/mol. The van der Waals surface area contributed by atoms with Gasteiger partial charge in [0.05, 0.1) is 0 Å². The van der Waals surface area contributed by atoms with Gasteiger partial charge in [0.15, 0.2) is 11.6 Å². The number of amides is 3. The first-order valence-corrected chi connectivity index (χ1v) is 8.04. The molecule has 1 aliphatic heterocycles. The highest BCUT2D eigenvalue weighted by atomic mass is 16.4. The van der Waals surface area contributed by atoms with Crippen molar-refractivity contribution < 1.29 is 14.0 Å². The first-order valence-electron chi connectivity index (χ1n) is 8.04. The average molecular weight is 322 g/mol. The Balaban J connectivity index is 1.99. The highest BCUT2D eigenvalue weighted by Gasteiger charge is 2.29. The summed E-state index contributed by atoms with van der Waals surface area (Å²) in [4.78, 5) is 31.8. The van der Waals surface area contributed by atoms with E-state index < -0.39 is 0 Å². The Kier molecular flexibility index (Phi) is 5.28. The van der Waals surface area contributed by atoms with Crippen LogP contribution in [0.5, 0.6) is 0 Å². The largest absolute Gasteiger partial charge is 0.445 e. The van der Waals surface area contributed by atoms with Gasteiger partial charge in [-0.3, -0.25) is 4.79 Å². The van der Waals surface area contributed by atoms with E-state index >= 15 is 0 Å². The zero-order chi connectivity index (χ0) is 17.1. The van der Waals surface area contributed by atoms with Crippen molar-refractivity contribution in [2.75, 3.05) is 27.2 Å². The van der Waals surface area contributed by atoms with Crippen LogP contribution in [0, 0.1) is 6.92 Å². The molecule has 1 aromatic rings. The van der Waals surface area contributed by atoms with Gasteiger partial charge in [0.2, 0.25) is 0 Å². The summed E-state index contributed by atoms with van der Waals surface area (Å²) in [5, 5.41) is 2.91. The fraction of sp³-hybridized carbons (Fsp3) is 0.688. The van der Waals surface area contributed by atoms with Gasteiger partial charge in [-0.1, -0.05) is 0 Å². The lowest BCUT2D eigenvalue weighted by Gasteiger charge is -2.31. The molecule has 128 valence electrons. The molecule has 0 bridgehead atoms. The molecule has 0 radical (unpaired) electrons. The third-order valence-electron chi connectivity index (χ3n) is 3.97. The summed E-state index contributed by atoms with van der Waals surface area (Å²) in [7, 11) is 3.39. The van der Waals surface area contributed by atoms with E-state index in [9.17, 15) is 9.59 Å². The van der Waals surface area contributed by atoms with Gasteiger partial charge in [0.1, 0.15) is 5.76 Å². The highest BCUT2D eigenvalue weighted by Crippen LogP contribution is 2.29. The molecule has 23 heavy (non-hydrogen) atoms. The van der Waals surface area contributed by atoms with Crippen molar-refractivity contribution in [3.63, 3.8) is 0 Å². The second-order valence-electron chi connectivity index (χ2n) is 6.52. The van der Waals surface area contributed by atoms with Crippen LogP contribution in [0.1, 0.15) is 54.7 Å². The maximum absolute atomic E-state index is 12.0. The predicted molar refractivity (Wildman–Crippen MR) is 86.5 cm³/mol. The normalized spacial score (nSPS) is 15.8. The topological polar surface area (TPSA) is 78.7 Å². The van der Waals surface area contributed by atoms with E-state index in [1.165, 1.54) is 4.90 Å². The molecule has 7 nitrogen and oxygen atoms in total. The Morgan fingerprint density at radius 2 is 1.91 bits per heavy atom. The second kappa shape index (κ2) is 7.02. The van der Waals surface area contributed by atoms with Crippen LogP contribution < -0.4 is 5.32 Å². The summed E-state index contributed by atoms with van der Waals surface area (Å²) in [6.07, 6.45) is 1.59. The van der Waals surface area contributed by atoms with E-state index in [0.29, 0.717) is 30.4 Å². The summed E-state index contributed by atoms with van der Waals surface area (Å²) < 4.78 is 5.71. The first kappa shape index (κ1) is 17.3. The number of piperidine rings is 1.